The fourth-order valence-electron chi connectivity index (χ4n) is 7.60. The van der Waals surface area contributed by atoms with Crippen molar-refractivity contribution in [2.24, 2.45) is 0 Å². The van der Waals surface area contributed by atoms with Gasteiger partial charge in [0.2, 0.25) is 0 Å². The number of nitrogens with zero attached hydrogens (tertiary/aromatic N) is 6. The van der Waals surface area contributed by atoms with Crippen molar-refractivity contribution in [1.82, 2.24) is 30.6 Å². The second kappa shape index (κ2) is 27.0. The monoisotopic (exact) mass is 888 g/mol. The smallest absolute Gasteiger partial charge is 0.163 e. The largest absolute Gasteiger partial charge is 0.491 e. The number of benzene rings is 2. The first kappa shape index (κ1) is 52.0. The van der Waals surface area contributed by atoms with Crippen LogP contribution in [0, 0.1) is 6.92 Å². The van der Waals surface area contributed by atoms with Crippen molar-refractivity contribution in [2.45, 2.75) is 110 Å². The molecule has 15 nitrogen and oxygen atoms in total. The molecule has 4 aromatic rings. The molecule has 6 rings (SSSR count). The highest BCUT2D eigenvalue weighted by molar-refractivity contribution is 5.64. The molecule has 0 amide bonds. The third kappa shape index (κ3) is 15.8. The van der Waals surface area contributed by atoms with Crippen molar-refractivity contribution in [1.29, 1.82) is 0 Å². The Morgan fingerprint density at radius 2 is 1.17 bits per heavy atom. The summed E-state index contributed by atoms with van der Waals surface area (Å²) in [5.41, 5.74) is 3.98. The van der Waals surface area contributed by atoms with Gasteiger partial charge in [-0.3, -0.25) is 0 Å². The van der Waals surface area contributed by atoms with Crippen molar-refractivity contribution in [3.8, 4) is 34.3 Å². The maximum atomic E-state index is 9.92. The van der Waals surface area contributed by atoms with Gasteiger partial charge in [-0.25, -0.2) is 19.9 Å². The molecule has 0 saturated carbocycles. The minimum atomic E-state index is -0.566. The van der Waals surface area contributed by atoms with Gasteiger partial charge in [0.05, 0.1) is 5.69 Å². The average Bonchev–Trinajstić information content (AvgIpc) is 3.31. The van der Waals surface area contributed by atoms with Crippen LogP contribution in [0.2, 0.25) is 0 Å². The van der Waals surface area contributed by atoms with E-state index in [9.17, 15) is 10.2 Å². The van der Waals surface area contributed by atoms with E-state index < -0.39 is 12.2 Å². The molecule has 2 aliphatic heterocycles. The Balaban J connectivity index is 0.000000270. The van der Waals surface area contributed by atoms with Crippen molar-refractivity contribution < 1.29 is 29.2 Å². The van der Waals surface area contributed by atoms with E-state index in [1.807, 2.05) is 68.4 Å². The van der Waals surface area contributed by atoms with Gasteiger partial charge in [0.25, 0.3) is 0 Å². The van der Waals surface area contributed by atoms with Crippen molar-refractivity contribution in [3.63, 3.8) is 0 Å². The summed E-state index contributed by atoms with van der Waals surface area (Å²) < 4.78 is 22.6. The molecule has 2 aromatic heterocycles. The van der Waals surface area contributed by atoms with Crippen molar-refractivity contribution in [2.75, 3.05) is 96.0 Å². The Kier molecular flexibility index (Phi) is 21.9. The van der Waals surface area contributed by atoms with Crippen LogP contribution in [0.15, 0.2) is 54.6 Å². The molecule has 0 bridgehead atoms. The molecular formula is C49H77N9O6. The summed E-state index contributed by atoms with van der Waals surface area (Å²) in [4.78, 5) is 24.0. The van der Waals surface area contributed by atoms with E-state index in [-0.39, 0.29) is 19.3 Å². The Bertz CT molecular complexity index is 1960. The number of aliphatic hydroxyl groups excluding tert-OH is 2. The third-order valence-corrected chi connectivity index (χ3v) is 11.0. The number of aliphatic hydroxyl groups is 2. The van der Waals surface area contributed by atoms with Gasteiger partial charge >= 0.3 is 0 Å². The predicted molar refractivity (Wildman–Crippen MR) is 259 cm³/mol. The van der Waals surface area contributed by atoms with Gasteiger partial charge < -0.3 is 54.9 Å². The fourth-order valence-corrected chi connectivity index (χ4v) is 7.60. The normalized spacial score (nSPS) is 15.4. The highest BCUT2D eigenvalue weighted by Gasteiger charge is 2.25. The maximum Gasteiger partial charge on any atom is 0.163 e. The van der Waals surface area contributed by atoms with Crippen molar-refractivity contribution >= 4 is 17.5 Å². The first-order valence-electron chi connectivity index (χ1n) is 23.1. The highest BCUT2D eigenvalue weighted by atomic mass is 16.5. The molecule has 2 aromatic carbocycles. The SMILES string of the molecule is CC.CNCC(O)COc1cccc(-c2nc(C(C)C)c(C)c(N(C)C3CCOCC3)n2)c1.CNCC(O)COc1cccc(-c2nc(NC(C)C)cc(N(C)C3CCOCC3)n2)c1. The molecule has 64 heavy (non-hydrogen) atoms. The summed E-state index contributed by atoms with van der Waals surface area (Å²) in [7, 11) is 7.82. The number of likely N-dealkylation sites (N-methyl/N-ethyl adjacent to an activating group) is 2. The standard InChI is InChI=1S/C24H36N4O3.C23H35N5O3.C2H6/c1-16(2)22-17(3)24(28(5)19-9-11-30-12-10-19)27-23(26-22)18-7-6-8-21(13-18)31-15-20(29)14-25-4;1-16(2)25-21-13-22(28(4)18-8-10-30-11-9-18)27-23(26-21)17-6-5-7-20(12-17)31-15-19(29)14-24-3;1-2/h6-8,13,16,19-20,25,29H,9-12,14-15H2,1-5H3;5-7,12-13,16,18-19,24,29H,8-11,14-15H2,1-4H3,(H,25,26,27);1-2H3. The number of rotatable bonds is 19. The van der Waals surface area contributed by atoms with Gasteiger partial charge in [0.1, 0.15) is 54.4 Å². The zero-order valence-electron chi connectivity index (χ0n) is 40.4. The first-order valence-corrected chi connectivity index (χ1v) is 23.1. The van der Waals surface area contributed by atoms with Gasteiger partial charge in [-0.2, -0.15) is 0 Å². The van der Waals surface area contributed by atoms with Crippen LogP contribution in [0.1, 0.15) is 84.4 Å². The molecule has 0 spiro atoms. The number of nitrogens with one attached hydrogen (secondary N) is 3. The zero-order valence-corrected chi connectivity index (χ0v) is 40.4. The molecular weight excluding hydrogens is 811 g/mol. The summed E-state index contributed by atoms with van der Waals surface area (Å²) in [6.45, 7) is 19.2. The summed E-state index contributed by atoms with van der Waals surface area (Å²) in [6, 6.07) is 18.5. The molecule has 2 atom stereocenters. The summed E-state index contributed by atoms with van der Waals surface area (Å²) in [5, 5.41) is 29.1. The van der Waals surface area contributed by atoms with Crippen molar-refractivity contribution in [3.05, 3.63) is 65.9 Å². The lowest BCUT2D eigenvalue weighted by molar-refractivity contribution is 0.0852. The molecule has 4 heterocycles. The summed E-state index contributed by atoms with van der Waals surface area (Å²) in [5.74, 6) is 5.67. The topological polar surface area (TPSA) is 172 Å². The molecule has 2 fully saturated rings. The molecule has 15 heteroatoms. The van der Waals surface area contributed by atoms with Crippen LogP contribution in [0.4, 0.5) is 17.5 Å². The van der Waals surface area contributed by atoms with Crippen LogP contribution in [0.5, 0.6) is 11.5 Å². The van der Waals surface area contributed by atoms with E-state index in [4.69, 9.17) is 38.9 Å². The van der Waals surface area contributed by atoms with Gasteiger partial charge in [-0.1, -0.05) is 52.0 Å². The Morgan fingerprint density at radius 3 is 1.64 bits per heavy atom. The Labute approximate surface area is 382 Å². The molecule has 354 valence electrons. The van der Waals surface area contributed by atoms with E-state index in [0.29, 0.717) is 54.2 Å². The molecule has 2 unspecified atom stereocenters. The lowest BCUT2D eigenvalue weighted by Crippen LogP contribution is -2.37. The van der Waals surface area contributed by atoms with E-state index >= 15 is 0 Å². The average molecular weight is 888 g/mol. The van der Waals surface area contributed by atoms with Crippen LogP contribution < -0.4 is 35.2 Å². The number of hydrogen-bond donors (Lipinski definition) is 5. The fraction of sp³-hybridized carbons (Fsp3) is 0.592. The molecule has 0 aliphatic carbocycles. The van der Waals surface area contributed by atoms with E-state index in [0.717, 1.165) is 91.9 Å². The molecule has 2 aliphatic rings. The number of anilines is 3. The van der Waals surface area contributed by atoms with Crippen LogP contribution in [-0.4, -0.2) is 141 Å². The lowest BCUT2D eigenvalue weighted by atomic mass is 10.0. The number of aromatic nitrogens is 4. The van der Waals surface area contributed by atoms with Gasteiger partial charge in [0, 0.05) is 94.5 Å². The first-order chi connectivity index (χ1) is 30.9. The summed E-state index contributed by atoms with van der Waals surface area (Å²) in [6.07, 6.45) is 2.86. The zero-order chi connectivity index (χ0) is 46.6. The van der Waals surface area contributed by atoms with E-state index in [2.05, 4.69) is 74.5 Å². The number of hydrogen-bond acceptors (Lipinski definition) is 15. The molecule has 5 N–H and O–H groups in total. The van der Waals surface area contributed by atoms with Crippen LogP contribution in [0.3, 0.4) is 0 Å². The van der Waals surface area contributed by atoms with Gasteiger partial charge in [0.15, 0.2) is 11.6 Å². The molecule has 2 saturated heterocycles. The second-order valence-electron chi connectivity index (χ2n) is 16.8. The van der Waals surface area contributed by atoms with Crippen LogP contribution in [-0.2, 0) is 9.47 Å². The van der Waals surface area contributed by atoms with Crippen LogP contribution in [0.25, 0.3) is 22.8 Å². The maximum absolute atomic E-state index is 9.92. The lowest BCUT2D eigenvalue weighted by Gasteiger charge is -2.33. The Hall–Kier alpha value is -4.64. The predicted octanol–water partition coefficient (Wildman–Crippen LogP) is 6.71. The minimum absolute atomic E-state index is 0.220. The number of ether oxygens (including phenoxy) is 4. The van der Waals surface area contributed by atoms with Gasteiger partial charge in [-0.15, -0.1) is 0 Å². The highest BCUT2D eigenvalue weighted by Crippen LogP contribution is 2.32. The second-order valence-corrected chi connectivity index (χ2v) is 16.8. The molecule has 0 radical (unpaired) electrons. The van der Waals surface area contributed by atoms with Crippen LogP contribution >= 0.6 is 0 Å². The quantitative estimate of drug-likeness (QED) is 0.0672. The van der Waals surface area contributed by atoms with E-state index in [1.54, 1.807) is 14.1 Å². The minimum Gasteiger partial charge on any atom is -0.491 e. The van der Waals surface area contributed by atoms with Gasteiger partial charge in [-0.05, 0) is 90.7 Å². The summed E-state index contributed by atoms with van der Waals surface area (Å²) >= 11 is 0. The Morgan fingerprint density at radius 1 is 0.688 bits per heavy atom. The van der Waals surface area contributed by atoms with E-state index in [1.165, 1.54) is 0 Å². The third-order valence-electron chi connectivity index (χ3n) is 11.0.